The van der Waals surface area contributed by atoms with Crippen LogP contribution in [0.25, 0.3) is 22.8 Å². The Hall–Kier alpha value is -4.88. The van der Waals surface area contributed by atoms with E-state index in [1.165, 1.54) is 47.9 Å². The summed E-state index contributed by atoms with van der Waals surface area (Å²) in [7, 11) is 0. The summed E-state index contributed by atoms with van der Waals surface area (Å²) in [5, 5.41) is 5.72. The second-order valence-electron chi connectivity index (χ2n) is 10.2. The van der Waals surface area contributed by atoms with Crippen LogP contribution in [0.5, 0.6) is 5.75 Å². The fraction of sp³-hybridized carbons (Fsp3) is 0.323. The number of esters is 1. The highest BCUT2D eigenvalue weighted by molar-refractivity contribution is 5.82. The molecule has 1 atom stereocenters. The molecule has 1 aliphatic heterocycles. The Morgan fingerprint density at radius 1 is 1.04 bits per heavy atom. The van der Waals surface area contributed by atoms with Gasteiger partial charge in [0.15, 0.2) is 23.5 Å². The highest BCUT2D eigenvalue weighted by atomic mass is 19.4. The lowest BCUT2D eigenvalue weighted by Crippen LogP contribution is -2.34. The van der Waals surface area contributed by atoms with Crippen LogP contribution in [0.4, 0.5) is 22.0 Å². The van der Waals surface area contributed by atoms with Gasteiger partial charge in [-0.05, 0) is 43.2 Å². The Kier molecular flexibility index (Phi) is 9.40. The molecule has 0 fully saturated rings. The van der Waals surface area contributed by atoms with E-state index in [1.807, 2.05) is 13.8 Å². The summed E-state index contributed by atoms with van der Waals surface area (Å²) in [4.78, 5) is 29.0. The third kappa shape index (κ3) is 6.94. The maximum atomic E-state index is 14.4. The molecule has 0 saturated carbocycles. The Morgan fingerprint density at radius 3 is 2.53 bits per heavy atom. The topological polar surface area (TPSA) is 106 Å². The van der Waals surface area contributed by atoms with Crippen molar-refractivity contribution >= 4 is 12.2 Å². The van der Waals surface area contributed by atoms with Crippen LogP contribution in [0.15, 0.2) is 53.9 Å². The summed E-state index contributed by atoms with van der Waals surface area (Å²) in [5.41, 5.74) is -0.254. The molecule has 0 radical (unpaired) electrons. The third-order valence-corrected chi connectivity index (χ3v) is 6.93. The number of unbranched alkanes of at least 4 members (excludes halogenated alkanes) is 1. The Labute approximate surface area is 255 Å². The number of alkyl halides is 3. The molecule has 1 N–H and O–H groups in total. The van der Waals surface area contributed by atoms with Crippen LogP contribution in [0, 0.1) is 11.6 Å². The summed E-state index contributed by atoms with van der Waals surface area (Å²) in [6.45, 7) is 4.14. The first-order chi connectivity index (χ1) is 21.6. The average molecular weight is 629 g/mol. The van der Waals surface area contributed by atoms with Crippen LogP contribution in [0.3, 0.4) is 0 Å². The summed E-state index contributed by atoms with van der Waals surface area (Å²) in [5.74, 6) is -2.83. The maximum absolute atomic E-state index is 14.4. The molecule has 1 aliphatic rings. The van der Waals surface area contributed by atoms with Gasteiger partial charge in [0.25, 0.3) is 0 Å². The van der Waals surface area contributed by atoms with Gasteiger partial charge in [-0.1, -0.05) is 26.3 Å². The number of imidazole rings is 1. The first-order valence-corrected chi connectivity index (χ1v) is 14.3. The molecule has 45 heavy (non-hydrogen) atoms. The number of hydrogen-bond donors (Lipinski definition) is 1. The van der Waals surface area contributed by atoms with Gasteiger partial charge in [-0.2, -0.15) is 18.3 Å². The number of aromatic amines is 1. The van der Waals surface area contributed by atoms with Crippen LogP contribution >= 0.6 is 0 Å². The van der Waals surface area contributed by atoms with Crippen LogP contribution in [-0.4, -0.2) is 50.3 Å². The molecule has 2 aromatic heterocycles. The summed E-state index contributed by atoms with van der Waals surface area (Å²) in [6, 6.07) is 6.11. The lowest BCUT2D eigenvalue weighted by atomic mass is 10.0. The third-order valence-electron chi connectivity index (χ3n) is 6.93. The van der Waals surface area contributed by atoms with Crippen LogP contribution < -0.4 is 4.74 Å². The second kappa shape index (κ2) is 13.4. The minimum Gasteiger partial charge on any atom is -0.494 e. The Balaban J connectivity index is 1.45. The molecule has 0 saturated heterocycles. The molecule has 4 aromatic rings. The van der Waals surface area contributed by atoms with Crippen molar-refractivity contribution in [2.45, 2.75) is 51.9 Å². The number of benzene rings is 2. The number of aromatic nitrogens is 4. The van der Waals surface area contributed by atoms with Crippen LogP contribution in [-0.2, 0) is 22.3 Å². The molecule has 2 aromatic carbocycles. The normalized spacial score (nSPS) is 13.4. The van der Waals surface area contributed by atoms with Gasteiger partial charge < -0.3 is 14.5 Å². The van der Waals surface area contributed by atoms with Gasteiger partial charge in [0, 0.05) is 23.5 Å². The maximum Gasteiger partial charge on any atom is 0.417 e. The van der Waals surface area contributed by atoms with E-state index in [0.29, 0.717) is 24.2 Å². The van der Waals surface area contributed by atoms with E-state index in [9.17, 15) is 26.7 Å². The lowest BCUT2D eigenvalue weighted by molar-refractivity contribution is -0.151. The second-order valence-corrected chi connectivity index (χ2v) is 10.2. The van der Waals surface area contributed by atoms with E-state index in [2.05, 4.69) is 25.0 Å². The largest absolute Gasteiger partial charge is 0.494 e. The molecule has 3 heterocycles. The number of hydrogen-bond acceptors (Lipinski definition) is 8. The van der Waals surface area contributed by atoms with Gasteiger partial charge in [0.05, 0.1) is 48.5 Å². The molecule has 5 rings (SSSR count). The Bertz CT molecular complexity index is 1690. The summed E-state index contributed by atoms with van der Waals surface area (Å²) in [6.07, 6.45) is 1.19. The first kappa shape index (κ1) is 31.5. The number of carbonyl (C=O) groups excluding carboxylic acids is 1. The summed E-state index contributed by atoms with van der Waals surface area (Å²) < 4.78 is 81.0. The van der Waals surface area contributed by atoms with E-state index in [0.717, 1.165) is 18.6 Å². The molecule has 0 bridgehead atoms. The lowest BCUT2D eigenvalue weighted by Gasteiger charge is -2.29. The van der Waals surface area contributed by atoms with E-state index in [4.69, 9.17) is 9.47 Å². The van der Waals surface area contributed by atoms with Crippen molar-refractivity contribution in [3.63, 3.8) is 0 Å². The van der Waals surface area contributed by atoms with Crippen molar-refractivity contribution in [2.24, 2.45) is 5.10 Å². The standard InChI is InChI=1S/C31H29F5N6O3/c1-3-5-12-45-30(43)27(42-17-25-24(16-39-42)40-29(41-25)21-7-6-8-23(32)26(21)33)18-14-37-28(38-15-18)20-10-9-19(44-11-4-2)13-22(20)31(34,35)36/h6-10,13-16,27H,3-5,11-12,17H2,1-2H3,(H,40,41). The van der Waals surface area contributed by atoms with Gasteiger partial charge in [0.2, 0.25) is 0 Å². The number of hydrazone groups is 1. The fourth-order valence-electron chi connectivity index (χ4n) is 4.66. The zero-order valence-electron chi connectivity index (χ0n) is 24.4. The van der Waals surface area contributed by atoms with Gasteiger partial charge >= 0.3 is 12.1 Å². The van der Waals surface area contributed by atoms with E-state index in [1.54, 1.807) is 0 Å². The number of rotatable bonds is 11. The minimum absolute atomic E-state index is 0.0357. The van der Waals surface area contributed by atoms with Crippen molar-refractivity contribution < 1.29 is 36.2 Å². The predicted molar refractivity (Wildman–Crippen MR) is 154 cm³/mol. The van der Waals surface area contributed by atoms with Crippen molar-refractivity contribution in [3.05, 3.63) is 82.9 Å². The van der Waals surface area contributed by atoms with Gasteiger partial charge in [-0.15, -0.1) is 0 Å². The monoisotopic (exact) mass is 628 g/mol. The molecular weight excluding hydrogens is 599 g/mol. The molecule has 0 spiro atoms. The average Bonchev–Trinajstić information content (AvgIpc) is 3.45. The van der Waals surface area contributed by atoms with Crippen LogP contribution in [0.1, 0.15) is 61.7 Å². The molecular formula is C31H29F5N6O3. The number of H-pyrrole nitrogens is 1. The number of nitrogens with zero attached hydrogens (tertiary/aromatic N) is 5. The molecule has 0 amide bonds. The van der Waals surface area contributed by atoms with Crippen molar-refractivity contribution in [3.8, 4) is 28.5 Å². The zero-order valence-corrected chi connectivity index (χ0v) is 24.4. The number of halogens is 5. The predicted octanol–water partition coefficient (Wildman–Crippen LogP) is 6.85. The molecule has 0 aliphatic carbocycles. The smallest absolute Gasteiger partial charge is 0.417 e. The van der Waals surface area contributed by atoms with Crippen molar-refractivity contribution in [1.29, 1.82) is 0 Å². The minimum atomic E-state index is -4.70. The van der Waals surface area contributed by atoms with Gasteiger partial charge in [0.1, 0.15) is 11.6 Å². The van der Waals surface area contributed by atoms with E-state index in [-0.39, 0.29) is 53.8 Å². The highest BCUT2D eigenvalue weighted by Gasteiger charge is 2.36. The zero-order chi connectivity index (χ0) is 32.1. The molecule has 9 nitrogen and oxygen atoms in total. The number of fused-ring (bicyclic) bond motifs is 1. The van der Waals surface area contributed by atoms with Gasteiger partial charge in [-0.3, -0.25) is 5.01 Å². The van der Waals surface area contributed by atoms with E-state index < -0.39 is 35.4 Å². The first-order valence-electron chi connectivity index (χ1n) is 14.3. The van der Waals surface area contributed by atoms with Crippen LogP contribution in [0.2, 0.25) is 0 Å². The quantitative estimate of drug-likeness (QED) is 0.110. The highest BCUT2D eigenvalue weighted by Crippen LogP contribution is 2.38. The number of ether oxygens (including phenoxy) is 2. The molecule has 1 unspecified atom stereocenters. The number of carbonyl (C=O) groups is 1. The summed E-state index contributed by atoms with van der Waals surface area (Å²) >= 11 is 0. The molecule has 14 heteroatoms. The SMILES string of the molecule is CCCCOC(=O)C(c1cnc(-c2ccc(OCCC)cc2C(F)(F)F)nc1)N1Cc2nc(-c3cccc(F)c3F)[nH]c2C=N1. The molecule has 236 valence electrons. The fourth-order valence-corrected chi connectivity index (χ4v) is 4.66. The number of nitrogens with one attached hydrogen (secondary N) is 1. The Morgan fingerprint density at radius 2 is 1.82 bits per heavy atom. The van der Waals surface area contributed by atoms with Crippen molar-refractivity contribution in [1.82, 2.24) is 24.9 Å². The van der Waals surface area contributed by atoms with E-state index >= 15 is 0 Å². The van der Waals surface area contributed by atoms with Gasteiger partial charge in [-0.25, -0.2) is 28.5 Å². The van der Waals surface area contributed by atoms with Crippen molar-refractivity contribution in [2.75, 3.05) is 13.2 Å².